The van der Waals surface area contributed by atoms with Crippen LogP contribution >= 0.6 is 0 Å². The van der Waals surface area contributed by atoms with Crippen molar-refractivity contribution in [3.63, 3.8) is 0 Å². The maximum atomic E-state index is 12.7. The van der Waals surface area contributed by atoms with Crippen molar-refractivity contribution < 1.29 is 77.1 Å². The van der Waals surface area contributed by atoms with Crippen LogP contribution in [0.15, 0.2) is 12.2 Å². The molecular formula is C45H86Cl2N4O9. The fraction of sp³-hybridized carbons (Fsp3) is 0.844. The van der Waals surface area contributed by atoms with Gasteiger partial charge in [-0.3, -0.25) is 19.2 Å². The first-order valence-corrected chi connectivity index (χ1v) is 22.5. The lowest BCUT2D eigenvalue weighted by atomic mass is 10.0. The number of esters is 3. The van der Waals surface area contributed by atoms with Gasteiger partial charge in [0.1, 0.15) is 32.4 Å². The molecule has 2 atom stereocenters. The van der Waals surface area contributed by atoms with Crippen LogP contribution in [0.1, 0.15) is 156 Å². The summed E-state index contributed by atoms with van der Waals surface area (Å²) < 4.78 is 16.8. The third kappa shape index (κ3) is 40.9. The Kier molecular flexibility index (Phi) is 40.6. The highest BCUT2D eigenvalue weighted by atomic mass is 35.5. The zero-order chi connectivity index (χ0) is 43.5. The molecule has 0 saturated carbocycles. The molecule has 0 rings (SSSR count). The number of halogens is 2. The molecule has 0 bridgehead atoms. The van der Waals surface area contributed by atoms with Gasteiger partial charge in [0.15, 0.2) is 6.54 Å². The number of carbonyl (C=O) groups excluding carboxylic acids is 5. The van der Waals surface area contributed by atoms with Gasteiger partial charge in [-0.15, -0.1) is 0 Å². The van der Waals surface area contributed by atoms with Crippen molar-refractivity contribution in [3.05, 3.63) is 12.2 Å². The van der Waals surface area contributed by atoms with Crippen LogP contribution in [0, 0.1) is 0 Å². The molecule has 13 nitrogen and oxygen atoms in total. The zero-order valence-electron chi connectivity index (χ0n) is 38.7. The molecule has 0 radical (unpaired) electrons. The summed E-state index contributed by atoms with van der Waals surface area (Å²) in [5, 5.41) is 17.0. The number of nitrogens with one attached hydrogen (secondary N) is 2. The quantitative estimate of drug-likeness (QED) is 0.0265. The van der Waals surface area contributed by atoms with Crippen molar-refractivity contribution in [3.8, 4) is 0 Å². The minimum absolute atomic E-state index is 0. The highest BCUT2D eigenvalue weighted by Crippen LogP contribution is 2.16. The number of rotatable bonds is 38. The predicted octanol–water partition coefficient (Wildman–Crippen LogP) is 0.547. The van der Waals surface area contributed by atoms with Gasteiger partial charge in [0, 0.05) is 33.4 Å². The molecule has 0 heterocycles. The minimum Gasteiger partial charge on any atom is -1.00 e. The van der Waals surface area contributed by atoms with Crippen molar-refractivity contribution in [2.24, 2.45) is 0 Å². The number of hydrogen-bond donors (Lipinski definition) is 3. The van der Waals surface area contributed by atoms with Gasteiger partial charge in [-0.2, -0.15) is 0 Å². The summed E-state index contributed by atoms with van der Waals surface area (Å²) >= 11 is 0. The Morgan fingerprint density at radius 2 is 1.08 bits per heavy atom. The first-order valence-electron chi connectivity index (χ1n) is 22.5. The molecule has 0 aliphatic rings. The fourth-order valence-corrected chi connectivity index (χ4v) is 6.48. The molecule has 2 amide bonds. The molecule has 2 unspecified atom stereocenters. The van der Waals surface area contributed by atoms with E-state index in [-0.39, 0.29) is 67.7 Å². The van der Waals surface area contributed by atoms with Crippen molar-refractivity contribution in [2.45, 2.75) is 168 Å². The van der Waals surface area contributed by atoms with Crippen LogP contribution in [0.5, 0.6) is 0 Å². The molecule has 354 valence electrons. The van der Waals surface area contributed by atoms with E-state index >= 15 is 0 Å². The van der Waals surface area contributed by atoms with Crippen LogP contribution in [0.25, 0.3) is 0 Å². The van der Waals surface area contributed by atoms with Gasteiger partial charge in [0.2, 0.25) is 11.8 Å². The maximum absolute atomic E-state index is 12.7. The molecule has 3 N–H and O–H groups in total. The summed E-state index contributed by atoms with van der Waals surface area (Å²) in [6.45, 7) is 9.00. The monoisotopic (exact) mass is 897 g/mol. The van der Waals surface area contributed by atoms with Gasteiger partial charge in [-0.25, -0.2) is 4.79 Å². The Balaban J connectivity index is -0.0000162. The Labute approximate surface area is 376 Å². The highest BCUT2D eigenvalue weighted by Gasteiger charge is 2.27. The Morgan fingerprint density at radius 1 is 0.600 bits per heavy atom. The summed E-state index contributed by atoms with van der Waals surface area (Å²) in [6, 6.07) is 0. The Hall–Kier alpha value is -2.45. The van der Waals surface area contributed by atoms with Crippen LogP contribution in [0.3, 0.4) is 0 Å². The Morgan fingerprint density at radius 3 is 1.62 bits per heavy atom. The molecule has 0 spiro atoms. The Bertz CT molecular complexity index is 1160. The van der Waals surface area contributed by atoms with E-state index in [2.05, 4.69) is 23.6 Å². The van der Waals surface area contributed by atoms with Crippen molar-refractivity contribution in [1.82, 2.24) is 10.6 Å². The van der Waals surface area contributed by atoms with Crippen molar-refractivity contribution in [1.29, 1.82) is 0 Å². The lowest BCUT2D eigenvalue weighted by Crippen LogP contribution is -3.00. The van der Waals surface area contributed by atoms with E-state index < -0.39 is 12.2 Å². The lowest BCUT2D eigenvalue weighted by molar-refractivity contribution is -0.889. The first-order chi connectivity index (χ1) is 27.6. The summed E-state index contributed by atoms with van der Waals surface area (Å²) in [6.07, 6.45) is 23.1. The van der Waals surface area contributed by atoms with Gasteiger partial charge in [-0.05, 0) is 51.4 Å². The second kappa shape index (κ2) is 39.4. The molecule has 0 aromatic carbocycles. The van der Waals surface area contributed by atoms with Crippen LogP contribution in [-0.4, -0.2) is 137 Å². The SMILES string of the molecule is CCCCCC(OC(=O)C[N+](C)(C)CCOC(C)=O)C(O)C/C=C\CCCCCCCC(=O)NCCCCCCCCCCNC(=O)CC[N+](C)(C)CCOC(C)=O.[Cl-].[Cl-]. The largest absolute Gasteiger partial charge is 1.00 e. The van der Waals surface area contributed by atoms with Crippen LogP contribution in [0.4, 0.5) is 0 Å². The van der Waals surface area contributed by atoms with E-state index in [1.54, 1.807) is 0 Å². The fourth-order valence-electron chi connectivity index (χ4n) is 6.48. The normalized spacial score (nSPS) is 12.5. The third-order valence-corrected chi connectivity index (χ3v) is 10.4. The number of hydrogen-bond acceptors (Lipinski definition) is 9. The van der Waals surface area contributed by atoms with E-state index in [4.69, 9.17) is 14.2 Å². The van der Waals surface area contributed by atoms with Gasteiger partial charge in [0.25, 0.3) is 0 Å². The van der Waals surface area contributed by atoms with Crippen LogP contribution in [0.2, 0.25) is 0 Å². The molecule has 0 aliphatic heterocycles. The molecule has 15 heteroatoms. The smallest absolute Gasteiger partial charge is 0.362 e. The zero-order valence-corrected chi connectivity index (χ0v) is 40.2. The van der Waals surface area contributed by atoms with Gasteiger partial charge in [-0.1, -0.05) is 89.7 Å². The summed E-state index contributed by atoms with van der Waals surface area (Å²) in [5.74, 6) is -0.745. The molecule has 0 aromatic rings. The number of quaternary nitrogens is 2. The number of unbranched alkanes of at least 4 members (excludes halogenated alkanes) is 14. The van der Waals surface area contributed by atoms with E-state index in [1.165, 1.54) is 39.5 Å². The molecule has 60 heavy (non-hydrogen) atoms. The number of allylic oxidation sites excluding steroid dienone is 1. The number of aliphatic hydroxyl groups is 1. The topological polar surface area (TPSA) is 157 Å². The molecular weight excluding hydrogens is 811 g/mol. The average molecular weight is 898 g/mol. The summed E-state index contributed by atoms with van der Waals surface area (Å²) in [5.41, 5.74) is 0. The van der Waals surface area contributed by atoms with Crippen LogP contribution < -0.4 is 35.4 Å². The number of aliphatic hydroxyl groups excluding tert-OH is 1. The van der Waals surface area contributed by atoms with E-state index in [0.29, 0.717) is 60.9 Å². The number of nitrogens with zero attached hydrogens (tertiary/aromatic N) is 2. The van der Waals surface area contributed by atoms with Crippen LogP contribution in [-0.2, 0) is 38.2 Å². The number of carbonyl (C=O) groups is 5. The van der Waals surface area contributed by atoms with Crippen molar-refractivity contribution in [2.75, 3.05) is 80.7 Å². The van der Waals surface area contributed by atoms with Crippen molar-refractivity contribution >= 4 is 29.7 Å². The number of likely N-dealkylation sites (N-methyl/N-ethyl adjacent to an activating group) is 2. The second-order valence-corrected chi connectivity index (χ2v) is 17.3. The van der Waals surface area contributed by atoms with Gasteiger partial charge >= 0.3 is 17.9 Å². The maximum Gasteiger partial charge on any atom is 0.362 e. The molecule has 0 aromatic heterocycles. The third-order valence-electron chi connectivity index (χ3n) is 10.4. The second-order valence-electron chi connectivity index (χ2n) is 17.3. The molecule has 0 saturated heterocycles. The lowest BCUT2D eigenvalue weighted by Gasteiger charge is -2.30. The van der Waals surface area contributed by atoms with Gasteiger partial charge in [0.05, 0.1) is 47.3 Å². The highest BCUT2D eigenvalue weighted by molar-refractivity contribution is 5.76. The van der Waals surface area contributed by atoms with E-state index in [1.807, 2.05) is 34.3 Å². The minimum atomic E-state index is -0.752. The van der Waals surface area contributed by atoms with E-state index in [0.717, 1.165) is 96.6 Å². The molecule has 0 fully saturated rings. The summed E-state index contributed by atoms with van der Waals surface area (Å²) in [7, 11) is 7.85. The van der Waals surface area contributed by atoms with Gasteiger partial charge < -0.3 is 63.7 Å². The van der Waals surface area contributed by atoms with E-state index in [9.17, 15) is 29.1 Å². The predicted molar refractivity (Wildman–Crippen MR) is 231 cm³/mol. The summed E-state index contributed by atoms with van der Waals surface area (Å²) in [4.78, 5) is 59.1. The molecule has 0 aliphatic carbocycles. The average Bonchev–Trinajstić information content (AvgIpc) is 3.14. The standard InChI is InChI=1S/C45H84N4O9.2ClH/c1-8-9-22-28-42(58-45(55)38-49(6,7)35-37-57-40(3)51)41(52)27-23-18-14-10-11-15-19-24-29-43(53)46-31-25-20-16-12-13-17-21-26-32-47-44(54)30-33-48(4,5)34-36-56-39(2)50;;/h18,23,41-42,52H,8-17,19-22,24-38H2,1-7H3;2*1H/b23-18-;;. The number of amides is 2. The first kappa shape index (κ1) is 61.8. The number of ether oxygens (including phenoxy) is 3.